The Kier molecular flexibility index (Phi) is 6.12. The molecule has 2 rings (SSSR count). The molecule has 1 heterocycles. The van der Waals surface area contributed by atoms with Gasteiger partial charge in [0.05, 0.1) is 19.2 Å². The first-order valence-corrected chi connectivity index (χ1v) is 7.83. The summed E-state index contributed by atoms with van der Waals surface area (Å²) in [6.45, 7) is 2.30. The van der Waals surface area contributed by atoms with Crippen LogP contribution in [-0.4, -0.2) is 42.5 Å². The Morgan fingerprint density at radius 2 is 1.96 bits per heavy atom. The van der Waals surface area contributed by atoms with E-state index in [1.165, 1.54) is 7.11 Å². The van der Waals surface area contributed by atoms with Crippen molar-refractivity contribution < 1.29 is 18.7 Å². The summed E-state index contributed by atoms with van der Waals surface area (Å²) in [5.41, 5.74) is 1.52. The SMILES string of the molecule is COC(=O)CCCN(C)C(=O)Cc1nc(-c2ccccc2)oc1C. The van der Waals surface area contributed by atoms with Gasteiger partial charge in [-0.1, -0.05) is 18.2 Å². The van der Waals surface area contributed by atoms with Crippen LogP contribution in [-0.2, 0) is 20.7 Å². The van der Waals surface area contributed by atoms with E-state index < -0.39 is 0 Å². The van der Waals surface area contributed by atoms with Crippen molar-refractivity contribution in [1.29, 1.82) is 0 Å². The molecule has 0 saturated carbocycles. The molecule has 2 aromatic rings. The lowest BCUT2D eigenvalue weighted by molar-refractivity contribution is -0.141. The van der Waals surface area contributed by atoms with Crippen molar-refractivity contribution in [3.05, 3.63) is 41.8 Å². The molecule has 6 heteroatoms. The number of likely N-dealkylation sites (N-methyl/N-ethyl adjacent to an activating group) is 1. The molecular formula is C18H22N2O4. The van der Waals surface area contributed by atoms with Crippen LogP contribution in [0.2, 0.25) is 0 Å². The summed E-state index contributed by atoms with van der Waals surface area (Å²) in [5, 5.41) is 0. The summed E-state index contributed by atoms with van der Waals surface area (Å²) in [6.07, 6.45) is 1.05. The highest BCUT2D eigenvalue weighted by Crippen LogP contribution is 2.21. The number of hydrogen-bond acceptors (Lipinski definition) is 5. The first-order chi connectivity index (χ1) is 11.5. The number of nitrogens with zero attached hydrogens (tertiary/aromatic N) is 2. The van der Waals surface area contributed by atoms with Crippen LogP contribution in [0, 0.1) is 6.92 Å². The van der Waals surface area contributed by atoms with Crippen molar-refractivity contribution in [3.63, 3.8) is 0 Å². The third-order valence-electron chi connectivity index (χ3n) is 3.76. The highest BCUT2D eigenvalue weighted by Gasteiger charge is 2.17. The lowest BCUT2D eigenvalue weighted by atomic mass is 10.2. The van der Waals surface area contributed by atoms with Gasteiger partial charge in [-0.3, -0.25) is 9.59 Å². The summed E-state index contributed by atoms with van der Waals surface area (Å²) in [4.78, 5) is 29.4. The van der Waals surface area contributed by atoms with E-state index in [-0.39, 0.29) is 18.3 Å². The molecule has 1 amide bonds. The Morgan fingerprint density at radius 3 is 2.62 bits per heavy atom. The standard InChI is InChI=1S/C18H22N2O4/c1-13-15(19-18(24-13)14-8-5-4-6-9-14)12-16(21)20(2)11-7-10-17(22)23-3/h4-6,8-9H,7,10-12H2,1-3H3. The first-order valence-electron chi connectivity index (χ1n) is 7.83. The molecule has 1 aromatic carbocycles. The molecule has 0 fully saturated rings. The molecule has 1 aromatic heterocycles. The zero-order valence-electron chi connectivity index (χ0n) is 14.2. The van der Waals surface area contributed by atoms with Crippen LogP contribution >= 0.6 is 0 Å². The summed E-state index contributed by atoms with van der Waals surface area (Å²) < 4.78 is 10.2. The first kappa shape index (κ1) is 17.7. The van der Waals surface area contributed by atoms with Crippen LogP contribution in [0.1, 0.15) is 24.3 Å². The number of aryl methyl sites for hydroxylation is 1. The van der Waals surface area contributed by atoms with Gasteiger partial charge in [0.1, 0.15) is 5.76 Å². The average molecular weight is 330 g/mol. The van der Waals surface area contributed by atoms with Gasteiger partial charge in [0.15, 0.2) is 0 Å². The molecule has 0 aliphatic carbocycles. The lowest BCUT2D eigenvalue weighted by Crippen LogP contribution is -2.29. The van der Waals surface area contributed by atoms with Gasteiger partial charge in [0.2, 0.25) is 11.8 Å². The third kappa shape index (κ3) is 4.68. The van der Waals surface area contributed by atoms with Crippen molar-refractivity contribution in [2.24, 2.45) is 0 Å². The molecule has 0 aliphatic heterocycles. The fraction of sp³-hybridized carbons (Fsp3) is 0.389. The maximum atomic E-state index is 12.3. The second kappa shape index (κ2) is 8.29. The van der Waals surface area contributed by atoms with Gasteiger partial charge in [-0.2, -0.15) is 0 Å². The van der Waals surface area contributed by atoms with Gasteiger partial charge in [-0.25, -0.2) is 4.98 Å². The van der Waals surface area contributed by atoms with E-state index in [2.05, 4.69) is 9.72 Å². The molecular weight excluding hydrogens is 308 g/mol. The fourth-order valence-corrected chi connectivity index (χ4v) is 2.26. The largest absolute Gasteiger partial charge is 0.469 e. The average Bonchev–Trinajstić information content (AvgIpc) is 2.96. The zero-order valence-corrected chi connectivity index (χ0v) is 14.2. The van der Waals surface area contributed by atoms with E-state index in [4.69, 9.17) is 4.42 Å². The monoisotopic (exact) mass is 330 g/mol. The number of rotatable bonds is 7. The van der Waals surface area contributed by atoms with Crippen molar-refractivity contribution >= 4 is 11.9 Å². The molecule has 128 valence electrons. The number of carbonyl (C=O) groups is 2. The van der Waals surface area contributed by atoms with E-state index in [0.29, 0.717) is 36.7 Å². The summed E-state index contributed by atoms with van der Waals surface area (Å²) in [6, 6.07) is 9.57. The molecule has 0 atom stereocenters. The molecule has 0 bridgehead atoms. The Labute approximate surface area is 141 Å². The lowest BCUT2D eigenvalue weighted by Gasteiger charge is -2.16. The van der Waals surface area contributed by atoms with Gasteiger partial charge in [-0.15, -0.1) is 0 Å². The summed E-state index contributed by atoms with van der Waals surface area (Å²) in [5.74, 6) is 0.834. The van der Waals surface area contributed by atoms with Crippen LogP contribution in [0.25, 0.3) is 11.5 Å². The quantitative estimate of drug-likeness (QED) is 0.730. The van der Waals surface area contributed by atoms with Crippen molar-refractivity contribution in [2.75, 3.05) is 20.7 Å². The van der Waals surface area contributed by atoms with E-state index in [1.807, 2.05) is 30.3 Å². The van der Waals surface area contributed by atoms with Gasteiger partial charge in [0.25, 0.3) is 0 Å². The highest BCUT2D eigenvalue weighted by molar-refractivity contribution is 5.78. The summed E-state index contributed by atoms with van der Waals surface area (Å²) >= 11 is 0. The minimum atomic E-state index is -0.268. The summed E-state index contributed by atoms with van der Waals surface area (Å²) in [7, 11) is 3.07. The second-order valence-corrected chi connectivity index (χ2v) is 5.56. The van der Waals surface area contributed by atoms with Gasteiger partial charge >= 0.3 is 5.97 Å². The molecule has 0 saturated heterocycles. The predicted octanol–water partition coefficient (Wildman–Crippen LogP) is 2.60. The molecule has 24 heavy (non-hydrogen) atoms. The Balaban J connectivity index is 1.94. The van der Waals surface area contributed by atoms with Gasteiger partial charge < -0.3 is 14.1 Å². The highest BCUT2D eigenvalue weighted by atomic mass is 16.5. The molecule has 6 nitrogen and oxygen atoms in total. The minimum absolute atomic E-state index is 0.0594. The van der Waals surface area contributed by atoms with E-state index in [0.717, 1.165) is 5.56 Å². The number of benzene rings is 1. The maximum absolute atomic E-state index is 12.3. The number of oxazole rings is 1. The van der Waals surface area contributed by atoms with Crippen molar-refractivity contribution in [1.82, 2.24) is 9.88 Å². The number of esters is 1. The normalized spacial score (nSPS) is 10.5. The van der Waals surface area contributed by atoms with E-state index in [1.54, 1.807) is 18.9 Å². The number of hydrogen-bond donors (Lipinski definition) is 0. The van der Waals surface area contributed by atoms with Crippen LogP contribution in [0.15, 0.2) is 34.7 Å². The number of ether oxygens (including phenoxy) is 1. The van der Waals surface area contributed by atoms with E-state index in [9.17, 15) is 9.59 Å². The number of methoxy groups -OCH3 is 1. The molecule has 0 radical (unpaired) electrons. The van der Waals surface area contributed by atoms with Crippen LogP contribution in [0.3, 0.4) is 0 Å². The van der Waals surface area contributed by atoms with E-state index >= 15 is 0 Å². The number of aromatic nitrogens is 1. The molecule has 0 N–H and O–H groups in total. The molecule has 0 spiro atoms. The van der Waals surface area contributed by atoms with Crippen LogP contribution in [0.4, 0.5) is 0 Å². The predicted molar refractivity (Wildman–Crippen MR) is 89.3 cm³/mol. The fourth-order valence-electron chi connectivity index (χ4n) is 2.26. The number of carbonyl (C=O) groups excluding carboxylic acids is 2. The minimum Gasteiger partial charge on any atom is -0.469 e. The van der Waals surface area contributed by atoms with Crippen molar-refractivity contribution in [2.45, 2.75) is 26.2 Å². The van der Waals surface area contributed by atoms with Gasteiger partial charge in [0, 0.05) is 25.6 Å². The van der Waals surface area contributed by atoms with Crippen LogP contribution in [0.5, 0.6) is 0 Å². The Hall–Kier alpha value is -2.63. The van der Waals surface area contributed by atoms with Crippen molar-refractivity contribution in [3.8, 4) is 11.5 Å². The second-order valence-electron chi connectivity index (χ2n) is 5.56. The van der Waals surface area contributed by atoms with Crippen LogP contribution < -0.4 is 0 Å². The molecule has 0 aliphatic rings. The van der Waals surface area contributed by atoms with Gasteiger partial charge in [-0.05, 0) is 25.5 Å². The Morgan fingerprint density at radius 1 is 1.25 bits per heavy atom. The third-order valence-corrected chi connectivity index (χ3v) is 3.76. The zero-order chi connectivity index (χ0) is 17.5. The Bertz CT molecular complexity index is 694. The maximum Gasteiger partial charge on any atom is 0.305 e. The molecule has 0 unspecified atom stereocenters. The smallest absolute Gasteiger partial charge is 0.305 e. The topological polar surface area (TPSA) is 72.6 Å². The number of amides is 1.